The lowest BCUT2D eigenvalue weighted by molar-refractivity contribution is 0.752. The van der Waals surface area contributed by atoms with E-state index in [1.807, 2.05) is 12.3 Å². The van der Waals surface area contributed by atoms with E-state index in [1.54, 1.807) is 17.1 Å². The quantitative estimate of drug-likeness (QED) is 0.839. The van der Waals surface area contributed by atoms with E-state index in [1.165, 1.54) is 0 Å². The normalized spacial score (nSPS) is 11.0. The minimum absolute atomic E-state index is 0.406. The van der Waals surface area contributed by atoms with Gasteiger partial charge in [-0.15, -0.1) is 0 Å². The molecule has 0 amide bonds. The summed E-state index contributed by atoms with van der Waals surface area (Å²) in [5.74, 6) is 1.13. The molecule has 0 aliphatic rings. The highest BCUT2D eigenvalue weighted by Gasteiger charge is 2.05. The van der Waals surface area contributed by atoms with Gasteiger partial charge in [0.05, 0.1) is 23.8 Å². The maximum absolute atomic E-state index is 5.46. The van der Waals surface area contributed by atoms with Crippen LogP contribution in [0.5, 0.6) is 0 Å². The van der Waals surface area contributed by atoms with Crippen LogP contribution in [0.3, 0.4) is 0 Å². The third kappa shape index (κ3) is 2.09. The summed E-state index contributed by atoms with van der Waals surface area (Å²) >= 11 is 0. The molecule has 2 aromatic heterocycles. The van der Waals surface area contributed by atoms with Crippen molar-refractivity contribution < 1.29 is 0 Å². The van der Waals surface area contributed by atoms with Gasteiger partial charge in [-0.2, -0.15) is 5.10 Å². The molecule has 0 aliphatic carbocycles. The highest BCUT2D eigenvalue weighted by atomic mass is 15.3. The Labute approximate surface area is 94.3 Å². The molecule has 2 N–H and O–H groups in total. The largest absolute Gasteiger partial charge is 0.325 e. The zero-order chi connectivity index (χ0) is 11.5. The van der Waals surface area contributed by atoms with Crippen LogP contribution in [0.2, 0.25) is 0 Å². The Morgan fingerprint density at radius 2 is 2.12 bits per heavy atom. The average molecular weight is 217 g/mol. The van der Waals surface area contributed by atoms with Gasteiger partial charge in [0.15, 0.2) is 5.82 Å². The maximum Gasteiger partial charge on any atom is 0.171 e. The van der Waals surface area contributed by atoms with Crippen LogP contribution < -0.4 is 5.73 Å². The lowest BCUT2D eigenvalue weighted by Gasteiger charge is -2.01. The van der Waals surface area contributed by atoms with Crippen molar-refractivity contribution in [2.24, 2.45) is 5.73 Å². The van der Waals surface area contributed by atoms with Gasteiger partial charge in [-0.25, -0.2) is 9.67 Å². The number of hydrogen-bond donors (Lipinski definition) is 1. The fraction of sp³-hybridized carbons (Fsp3) is 0.364. The number of hydrogen-bond acceptors (Lipinski definition) is 4. The van der Waals surface area contributed by atoms with Gasteiger partial charge in [0, 0.05) is 12.7 Å². The van der Waals surface area contributed by atoms with E-state index in [0.29, 0.717) is 18.3 Å². The first-order valence-electron chi connectivity index (χ1n) is 5.27. The van der Waals surface area contributed by atoms with Crippen LogP contribution in [-0.2, 0) is 6.54 Å². The number of rotatable bonds is 3. The first-order chi connectivity index (χ1) is 7.70. The molecule has 0 saturated carbocycles. The lowest BCUT2D eigenvalue weighted by atomic mass is 10.1. The minimum atomic E-state index is 0.406. The highest BCUT2D eigenvalue weighted by molar-refractivity contribution is 5.19. The molecule has 0 bridgehead atoms. The molecule has 2 aromatic rings. The average Bonchev–Trinajstić information content (AvgIpc) is 2.78. The van der Waals surface area contributed by atoms with Crippen LogP contribution in [0.15, 0.2) is 24.7 Å². The van der Waals surface area contributed by atoms with Gasteiger partial charge in [0.1, 0.15) is 0 Å². The predicted molar refractivity (Wildman–Crippen MR) is 61.1 cm³/mol. The van der Waals surface area contributed by atoms with Crippen LogP contribution in [-0.4, -0.2) is 19.7 Å². The predicted octanol–water partition coefficient (Wildman–Crippen LogP) is 1.24. The van der Waals surface area contributed by atoms with Crippen LogP contribution >= 0.6 is 0 Å². The SMILES string of the molecule is CC(C)c1ccn(-c2cnc(CN)cn2)n1. The Bertz CT molecular complexity index is 457. The molecule has 2 rings (SSSR count). The molecular weight excluding hydrogens is 202 g/mol. The Kier molecular flexibility index (Phi) is 2.96. The molecule has 84 valence electrons. The summed E-state index contributed by atoms with van der Waals surface area (Å²) in [4.78, 5) is 8.43. The summed E-state index contributed by atoms with van der Waals surface area (Å²) in [5, 5.41) is 4.42. The molecule has 0 spiro atoms. The first kappa shape index (κ1) is 10.8. The monoisotopic (exact) mass is 217 g/mol. The summed E-state index contributed by atoms with van der Waals surface area (Å²) < 4.78 is 1.72. The fourth-order valence-corrected chi connectivity index (χ4v) is 1.35. The zero-order valence-corrected chi connectivity index (χ0v) is 9.46. The molecule has 0 radical (unpaired) electrons. The summed E-state index contributed by atoms with van der Waals surface area (Å²) in [5.41, 5.74) is 7.28. The van der Waals surface area contributed by atoms with Gasteiger partial charge in [-0.1, -0.05) is 13.8 Å². The van der Waals surface area contributed by atoms with Crippen molar-refractivity contribution in [3.8, 4) is 5.82 Å². The first-order valence-corrected chi connectivity index (χ1v) is 5.27. The maximum atomic E-state index is 5.46. The molecule has 0 aliphatic heterocycles. The van der Waals surface area contributed by atoms with E-state index < -0.39 is 0 Å². The van der Waals surface area contributed by atoms with Crippen LogP contribution in [0, 0.1) is 0 Å². The van der Waals surface area contributed by atoms with Gasteiger partial charge in [0.2, 0.25) is 0 Å². The second-order valence-electron chi connectivity index (χ2n) is 3.91. The molecule has 2 heterocycles. The minimum Gasteiger partial charge on any atom is -0.325 e. The van der Waals surface area contributed by atoms with Gasteiger partial charge in [-0.05, 0) is 12.0 Å². The third-order valence-electron chi connectivity index (χ3n) is 2.34. The Hall–Kier alpha value is -1.75. The smallest absolute Gasteiger partial charge is 0.171 e. The van der Waals surface area contributed by atoms with E-state index in [9.17, 15) is 0 Å². The summed E-state index contributed by atoms with van der Waals surface area (Å²) in [6.07, 6.45) is 5.24. The van der Waals surface area contributed by atoms with Crippen molar-refractivity contribution in [3.05, 3.63) is 36.0 Å². The molecule has 0 aromatic carbocycles. The molecule has 0 fully saturated rings. The van der Waals surface area contributed by atoms with Crippen molar-refractivity contribution in [3.63, 3.8) is 0 Å². The van der Waals surface area contributed by atoms with Gasteiger partial charge < -0.3 is 5.73 Å². The number of nitrogens with two attached hydrogens (primary N) is 1. The lowest BCUT2D eigenvalue weighted by Crippen LogP contribution is -2.04. The Morgan fingerprint density at radius 1 is 1.31 bits per heavy atom. The second-order valence-corrected chi connectivity index (χ2v) is 3.91. The van der Waals surface area contributed by atoms with E-state index in [2.05, 4.69) is 28.9 Å². The van der Waals surface area contributed by atoms with Gasteiger partial charge in [0.25, 0.3) is 0 Å². The molecular formula is C11H15N5. The molecule has 5 nitrogen and oxygen atoms in total. The summed E-state index contributed by atoms with van der Waals surface area (Å²) in [6.45, 7) is 4.62. The second kappa shape index (κ2) is 4.40. The summed E-state index contributed by atoms with van der Waals surface area (Å²) in [6, 6.07) is 1.99. The van der Waals surface area contributed by atoms with Crippen LogP contribution in [0.25, 0.3) is 5.82 Å². The van der Waals surface area contributed by atoms with Gasteiger partial charge in [-0.3, -0.25) is 4.98 Å². The summed E-state index contributed by atoms with van der Waals surface area (Å²) in [7, 11) is 0. The number of aromatic nitrogens is 4. The third-order valence-corrected chi connectivity index (χ3v) is 2.34. The number of nitrogens with zero attached hydrogens (tertiary/aromatic N) is 4. The Balaban J connectivity index is 2.28. The van der Waals surface area contributed by atoms with Gasteiger partial charge >= 0.3 is 0 Å². The van der Waals surface area contributed by atoms with Crippen molar-refractivity contribution in [2.75, 3.05) is 0 Å². The van der Waals surface area contributed by atoms with Crippen molar-refractivity contribution in [1.82, 2.24) is 19.7 Å². The van der Waals surface area contributed by atoms with Crippen molar-refractivity contribution in [2.45, 2.75) is 26.3 Å². The fourth-order valence-electron chi connectivity index (χ4n) is 1.35. The molecule has 0 unspecified atom stereocenters. The molecule has 16 heavy (non-hydrogen) atoms. The zero-order valence-electron chi connectivity index (χ0n) is 9.46. The Morgan fingerprint density at radius 3 is 2.62 bits per heavy atom. The molecule has 5 heteroatoms. The van der Waals surface area contributed by atoms with E-state index >= 15 is 0 Å². The van der Waals surface area contributed by atoms with Crippen molar-refractivity contribution in [1.29, 1.82) is 0 Å². The van der Waals surface area contributed by atoms with E-state index in [0.717, 1.165) is 11.4 Å². The topological polar surface area (TPSA) is 69.6 Å². The highest BCUT2D eigenvalue weighted by Crippen LogP contribution is 2.12. The van der Waals surface area contributed by atoms with Crippen molar-refractivity contribution >= 4 is 0 Å². The van der Waals surface area contributed by atoms with Crippen LogP contribution in [0.1, 0.15) is 31.2 Å². The van der Waals surface area contributed by atoms with E-state index in [-0.39, 0.29) is 0 Å². The molecule has 0 saturated heterocycles. The molecule has 0 atom stereocenters. The van der Waals surface area contributed by atoms with Crippen LogP contribution in [0.4, 0.5) is 0 Å². The van der Waals surface area contributed by atoms with E-state index in [4.69, 9.17) is 5.73 Å². The standard InChI is InChI=1S/C11H15N5/c1-8(2)10-3-4-16(15-10)11-7-13-9(5-12)6-14-11/h3-4,6-8H,5,12H2,1-2H3.